The highest BCUT2D eigenvalue weighted by atomic mass is 16.5. The van der Waals surface area contributed by atoms with E-state index in [9.17, 15) is 14.4 Å². The van der Waals surface area contributed by atoms with Crippen molar-refractivity contribution in [3.8, 4) is 11.1 Å². The Morgan fingerprint density at radius 3 is 2.41 bits per heavy atom. The van der Waals surface area contributed by atoms with Gasteiger partial charge < -0.3 is 20.7 Å². The van der Waals surface area contributed by atoms with E-state index in [1.807, 2.05) is 60.7 Å². The maximum absolute atomic E-state index is 13.7. The van der Waals surface area contributed by atoms with Crippen LogP contribution in [0.25, 0.3) is 11.1 Å². The second kappa shape index (κ2) is 11.0. The van der Waals surface area contributed by atoms with Crippen molar-refractivity contribution >= 4 is 23.5 Å². The molecular weight excluding hydrogens is 466 g/mol. The summed E-state index contributed by atoms with van der Waals surface area (Å²) in [6.07, 6.45) is 1.34. The molecule has 3 N–H and O–H groups in total. The van der Waals surface area contributed by atoms with Gasteiger partial charge in [0.2, 0.25) is 11.8 Å². The third-order valence-corrected chi connectivity index (χ3v) is 6.44. The molecule has 0 saturated heterocycles. The Kier molecular flexibility index (Phi) is 7.74. The van der Waals surface area contributed by atoms with Gasteiger partial charge in [-0.3, -0.25) is 9.59 Å². The number of carbonyl (C=O) groups is 3. The standard InChI is InChI=1S/C30H33N3O4/c1-30(2,31)18-27(34)32-25-17-16-22-8-4-7-11-26(22)33(28(25)35)19-20-12-14-21(15-13-20)23-9-5-6-10-24(23)29(36)37-3/h4-15,25H,16-19,31H2,1-3H3,(H,32,34). The number of rotatable bonds is 7. The SMILES string of the molecule is COC(=O)c1ccccc1-c1ccc(CN2C(=O)C(NC(=O)CC(C)(C)N)CCc3ccccc32)cc1. The molecule has 3 aromatic rings. The molecule has 0 radical (unpaired) electrons. The number of anilines is 1. The molecule has 0 spiro atoms. The summed E-state index contributed by atoms with van der Waals surface area (Å²) in [6.45, 7) is 3.93. The van der Waals surface area contributed by atoms with Crippen LogP contribution in [0.2, 0.25) is 0 Å². The van der Waals surface area contributed by atoms with Crippen molar-refractivity contribution in [1.82, 2.24) is 5.32 Å². The number of nitrogens with zero attached hydrogens (tertiary/aromatic N) is 1. The Morgan fingerprint density at radius 1 is 1.03 bits per heavy atom. The minimum atomic E-state index is -0.658. The largest absolute Gasteiger partial charge is 0.465 e. The number of methoxy groups -OCH3 is 1. The molecule has 1 aliphatic heterocycles. The lowest BCUT2D eigenvalue weighted by Crippen LogP contribution is -2.49. The molecule has 0 saturated carbocycles. The molecule has 1 unspecified atom stereocenters. The highest BCUT2D eigenvalue weighted by molar-refractivity contribution is 6.00. The number of aryl methyl sites for hydroxylation is 1. The van der Waals surface area contributed by atoms with E-state index < -0.39 is 17.6 Å². The first-order chi connectivity index (χ1) is 17.7. The zero-order valence-corrected chi connectivity index (χ0v) is 21.5. The summed E-state index contributed by atoms with van der Waals surface area (Å²) in [6, 6.07) is 22.3. The van der Waals surface area contributed by atoms with Crippen molar-refractivity contribution in [3.63, 3.8) is 0 Å². The normalized spacial score (nSPS) is 15.5. The van der Waals surface area contributed by atoms with Gasteiger partial charge in [-0.25, -0.2) is 4.79 Å². The monoisotopic (exact) mass is 499 g/mol. The lowest BCUT2D eigenvalue weighted by molar-refractivity contribution is -0.128. The molecule has 0 bridgehead atoms. The van der Waals surface area contributed by atoms with E-state index in [1.165, 1.54) is 7.11 Å². The van der Waals surface area contributed by atoms with Gasteiger partial charge in [0.25, 0.3) is 0 Å². The smallest absolute Gasteiger partial charge is 0.338 e. The maximum Gasteiger partial charge on any atom is 0.338 e. The summed E-state index contributed by atoms with van der Waals surface area (Å²) in [5.74, 6) is -0.767. The maximum atomic E-state index is 13.7. The predicted molar refractivity (Wildman–Crippen MR) is 144 cm³/mol. The summed E-state index contributed by atoms with van der Waals surface area (Å²) >= 11 is 0. The Labute approximate surface area is 217 Å². The van der Waals surface area contributed by atoms with Gasteiger partial charge in [-0.1, -0.05) is 60.7 Å². The highest BCUT2D eigenvalue weighted by Gasteiger charge is 2.32. The van der Waals surface area contributed by atoms with Crippen LogP contribution in [0.1, 0.15) is 48.2 Å². The van der Waals surface area contributed by atoms with Gasteiger partial charge in [0.1, 0.15) is 6.04 Å². The summed E-state index contributed by atoms with van der Waals surface area (Å²) in [5, 5.41) is 2.91. The second-order valence-corrected chi connectivity index (χ2v) is 10.1. The van der Waals surface area contributed by atoms with Crippen molar-refractivity contribution in [3.05, 3.63) is 89.5 Å². The van der Waals surface area contributed by atoms with Crippen LogP contribution in [0.3, 0.4) is 0 Å². The van der Waals surface area contributed by atoms with Gasteiger partial charge in [0, 0.05) is 17.6 Å². The third kappa shape index (κ3) is 6.24. The van der Waals surface area contributed by atoms with Crippen molar-refractivity contribution in [2.45, 2.75) is 51.2 Å². The van der Waals surface area contributed by atoms with E-state index in [0.717, 1.165) is 27.9 Å². The molecule has 0 aromatic heterocycles. The number of hydrogen-bond acceptors (Lipinski definition) is 5. The predicted octanol–water partition coefficient (Wildman–Crippen LogP) is 4.23. The van der Waals surface area contributed by atoms with Gasteiger partial charge in [0.15, 0.2) is 0 Å². The number of benzene rings is 3. The van der Waals surface area contributed by atoms with E-state index in [-0.39, 0.29) is 18.2 Å². The number of carbonyl (C=O) groups excluding carboxylic acids is 3. The number of fused-ring (bicyclic) bond motifs is 1. The molecule has 192 valence electrons. The second-order valence-electron chi connectivity index (χ2n) is 10.1. The number of nitrogens with one attached hydrogen (secondary N) is 1. The fourth-order valence-electron chi connectivity index (χ4n) is 4.67. The Bertz CT molecular complexity index is 1290. The quantitative estimate of drug-likeness (QED) is 0.474. The van der Waals surface area contributed by atoms with Crippen LogP contribution in [0.15, 0.2) is 72.8 Å². The first-order valence-corrected chi connectivity index (χ1v) is 12.4. The van der Waals surface area contributed by atoms with E-state index >= 15 is 0 Å². The van der Waals surface area contributed by atoms with Crippen LogP contribution in [0.5, 0.6) is 0 Å². The average Bonchev–Trinajstić information content (AvgIpc) is 3.00. The Morgan fingerprint density at radius 2 is 1.70 bits per heavy atom. The lowest BCUT2D eigenvalue weighted by Gasteiger charge is -2.27. The fraction of sp³-hybridized carbons (Fsp3) is 0.300. The Balaban J connectivity index is 1.59. The average molecular weight is 500 g/mol. The van der Waals surface area contributed by atoms with E-state index in [0.29, 0.717) is 24.9 Å². The molecule has 1 heterocycles. The van der Waals surface area contributed by atoms with Gasteiger partial charge in [-0.2, -0.15) is 0 Å². The number of para-hydroxylation sites is 1. The molecule has 2 amide bonds. The molecule has 37 heavy (non-hydrogen) atoms. The number of ether oxygens (including phenoxy) is 1. The third-order valence-electron chi connectivity index (χ3n) is 6.44. The zero-order valence-electron chi connectivity index (χ0n) is 21.5. The summed E-state index contributed by atoms with van der Waals surface area (Å²) < 4.78 is 4.92. The first kappa shape index (κ1) is 26.1. The van der Waals surface area contributed by atoms with Crippen molar-refractivity contribution in [2.75, 3.05) is 12.0 Å². The number of esters is 1. The highest BCUT2D eigenvalue weighted by Crippen LogP contribution is 2.30. The van der Waals surface area contributed by atoms with Crippen molar-refractivity contribution in [2.24, 2.45) is 5.73 Å². The molecule has 1 atom stereocenters. The molecule has 7 nitrogen and oxygen atoms in total. The van der Waals surface area contributed by atoms with Gasteiger partial charge in [-0.05, 0) is 61.1 Å². The summed E-state index contributed by atoms with van der Waals surface area (Å²) in [7, 11) is 1.37. The molecule has 4 rings (SSSR count). The fourth-order valence-corrected chi connectivity index (χ4v) is 4.67. The zero-order chi connectivity index (χ0) is 26.6. The van der Waals surface area contributed by atoms with Crippen molar-refractivity contribution < 1.29 is 19.1 Å². The lowest BCUT2D eigenvalue weighted by atomic mass is 9.98. The van der Waals surface area contributed by atoms with Gasteiger partial charge in [-0.15, -0.1) is 0 Å². The minimum absolute atomic E-state index is 0.137. The van der Waals surface area contributed by atoms with Gasteiger partial charge >= 0.3 is 5.97 Å². The van der Waals surface area contributed by atoms with Crippen LogP contribution in [-0.2, 0) is 27.3 Å². The minimum Gasteiger partial charge on any atom is -0.465 e. The van der Waals surface area contributed by atoms with Crippen LogP contribution < -0.4 is 16.0 Å². The Hall–Kier alpha value is -3.97. The molecule has 3 aromatic carbocycles. The topological polar surface area (TPSA) is 102 Å². The molecule has 0 aliphatic carbocycles. The van der Waals surface area contributed by atoms with Crippen LogP contribution in [-0.4, -0.2) is 36.5 Å². The molecule has 7 heteroatoms. The van der Waals surface area contributed by atoms with E-state index in [1.54, 1.807) is 30.9 Å². The summed E-state index contributed by atoms with van der Waals surface area (Å²) in [4.78, 5) is 40.2. The molecular formula is C30H33N3O4. The number of hydrogen-bond donors (Lipinski definition) is 2. The van der Waals surface area contributed by atoms with Crippen LogP contribution >= 0.6 is 0 Å². The van der Waals surface area contributed by atoms with Crippen molar-refractivity contribution in [1.29, 1.82) is 0 Å². The molecule has 0 fully saturated rings. The van der Waals surface area contributed by atoms with Gasteiger partial charge in [0.05, 0.1) is 19.2 Å². The number of nitrogens with two attached hydrogens (primary N) is 1. The van der Waals surface area contributed by atoms with E-state index in [4.69, 9.17) is 10.5 Å². The number of amides is 2. The molecule has 1 aliphatic rings. The van der Waals surface area contributed by atoms with Crippen LogP contribution in [0, 0.1) is 0 Å². The first-order valence-electron chi connectivity index (χ1n) is 12.4. The summed E-state index contributed by atoms with van der Waals surface area (Å²) in [5.41, 5.74) is 10.3. The van der Waals surface area contributed by atoms with Crippen LogP contribution in [0.4, 0.5) is 5.69 Å². The van der Waals surface area contributed by atoms with E-state index in [2.05, 4.69) is 5.32 Å².